The molecule has 0 radical (unpaired) electrons. The third kappa shape index (κ3) is 4.68. The van der Waals surface area contributed by atoms with E-state index in [1.807, 2.05) is 0 Å². The molecule has 6 heteroatoms. The van der Waals surface area contributed by atoms with Crippen molar-refractivity contribution in [1.29, 1.82) is 0 Å². The Morgan fingerprint density at radius 2 is 1.95 bits per heavy atom. The molecule has 2 fully saturated rings. The van der Waals surface area contributed by atoms with Crippen LogP contribution in [-0.4, -0.2) is 73.6 Å². The van der Waals surface area contributed by atoms with E-state index in [1.165, 1.54) is 0 Å². The summed E-state index contributed by atoms with van der Waals surface area (Å²) in [5.41, 5.74) is 0. The molecular formula is C15H27N3O3. The second kappa shape index (κ2) is 8.34. The molecule has 0 saturated carbocycles. The lowest BCUT2D eigenvalue weighted by molar-refractivity contribution is -0.148. The lowest BCUT2D eigenvalue weighted by Crippen LogP contribution is -2.51. The smallest absolute Gasteiger partial charge is 0.312 e. The maximum Gasteiger partial charge on any atom is 0.312 e. The Morgan fingerprint density at radius 3 is 2.67 bits per heavy atom. The van der Waals surface area contributed by atoms with Gasteiger partial charge in [0.05, 0.1) is 13.2 Å². The molecule has 1 N–H and O–H groups in total. The van der Waals surface area contributed by atoms with Gasteiger partial charge in [0.15, 0.2) is 0 Å². The Morgan fingerprint density at radius 1 is 1.19 bits per heavy atom. The van der Waals surface area contributed by atoms with Gasteiger partial charge in [0, 0.05) is 38.8 Å². The first kappa shape index (κ1) is 16.2. The van der Waals surface area contributed by atoms with Gasteiger partial charge in [0.1, 0.15) is 0 Å². The van der Waals surface area contributed by atoms with E-state index >= 15 is 0 Å². The molecule has 2 aliphatic rings. The molecule has 0 aromatic heterocycles. The number of likely N-dealkylation sites (tertiary alicyclic amines) is 1. The van der Waals surface area contributed by atoms with Gasteiger partial charge in [-0.3, -0.25) is 14.5 Å². The van der Waals surface area contributed by atoms with Gasteiger partial charge in [0.25, 0.3) is 0 Å². The van der Waals surface area contributed by atoms with E-state index in [4.69, 9.17) is 4.74 Å². The summed E-state index contributed by atoms with van der Waals surface area (Å²) >= 11 is 0. The molecule has 2 amide bonds. The molecule has 21 heavy (non-hydrogen) atoms. The van der Waals surface area contributed by atoms with Gasteiger partial charge in [-0.05, 0) is 25.7 Å². The number of piperidine rings is 1. The number of nitrogens with zero attached hydrogens (tertiary/aromatic N) is 2. The van der Waals surface area contributed by atoms with Crippen molar-refractivity contribution in [3.8, 4) is 0 Å². The molecule has 1 atom stereocenters. The van der Waals surface area contributed by atoms with E-state index < -0.39 is 5.91 Å². The van der Waals surface area contributed by atoms with Crippen LogP contribution >= 0.6 is 0 Å². The minimum atomic E-state index is -0.455. The SMILES string of the molecule is CCC1CCCCN1C(=O)C(=O)NCCN1CCOCC1. The normalized spacial score (nSPS) is 23.9. The van der Waals surface area contributed by atoms with Crippen molar-refractivity contribution in [3.05, 3.63) is 0 Å². The summed E-state index contributed by atoms with van der Waals surface area (Å²) in [5.74, 6) is -0.813. The third-order valence-electron chi connectivity index (χ3n) is 4.37. The molecular weight excluding hydrogens is 270 g/mol. The van der Waals surface area contributed by atoms with Crippen molar-refractivity contribution in [2.45, 2.75) is 38.6 Å². The highest BCUT2D eigenvalue weighted by atomic mass is 16.5. The van der Waals surface area contributed by atoms with Crippen molar-refractivity contribution in [3.63, 3.8) is 0 Å². The fourth-order valence-electron chi connectivity index (χ4n) is 3.05. The van der Waals surface area contributed by atoms with Gasteiger partial charge in [-0.1, -0.05) is 6.92 Å². The van der Waals surface area contributed by atoms with Crippen LogP contribution in [0.3, 0.4) is 0 Å². The highest BCUT2D eigenvalue weighted by Gasteiger charge is 2.29. The summed E-state index contributed by atoms with van der Waals surface area (Å²) in [4.78, 5) is 28.2. The molecule has 0 aliphatic carbocycles. The third-order valence-corrected chi connectivity index (χ3v) is 4.37. The zero-order valence-electron chi connectivity index (χ0n) is 13.0. The number of amides is 2. The minimum Gasteiger partial charge on any atom is -0.379 e. The number of nitrogens with one attached hydrogen (secondary N) is 1. The van der Waals surface area contributed by atoms with E-state index in [-0.39, 0.29) is 11.9 Å². The summed E-state index contributed by atoms with van der Waals surface area (Å²) in [6.07, 6.45) is 4.10. The van der Waals surface area contributed by atoms with Crippen molar-refractivity contribution in [1.82, 2.24) is 15.1 Å². The van der Waals surface area contributed by atoms with Gasteiger partial charge < -0.3 is 15.0 Å². The van der Waals surface area contributed by atoms with Crippen LogP contribution in [0, 0.1) is 0 Å². The standard InChI is InChI=1S/C15H27N3O3/c1-2-13-5-3-4-7-18(13)15(20)14(19)16-6-8-17-9-11-21-12-10-17/h13H,2-12H2,1H3,(H,16,19). The lowest BCUT2D eigenvalue weighted by atomic mass is 10.00. The summed E-state index contributed by atoms with van der Waals surface area (Å²) in [6, 6.07) is 0.233. The largest absolute Gasteiger partial charge is 0.379 e. The van der Waals surface area contributed by atoms with Crippen molar-refractivity contribution in [2.24, 2.45) is 0 Å². The summed E-state index contributed by atoms with van der Waals surface area (Å²) in [5, 5.41) is 2.76. The van der Waals surface area contributed by atoms with E-state index in [9.17, 15) is 9.59 Å². The average Bonchev–Trinajstić information content (AvgIpc) is 2.55. The predicted octanol–water partition coefficient (Wildman–Crippen LogP) is 0.226. The molecule has 2 heterocycles. The number of morpholine rings is 1. The molecule has 0 aromatic rings. The maximum atomic E-state index is 12.2. The molecule has 2 rings (SSSR count). The highest BCUT2D eigenvalue weighted by molar-refractivity contribution is 6.35. The van der Waals surface area contributed by atoms with Crippen LogP contribution in [0.15, 0.2) is 0 Å². The fourth-order valence-corrected chi connectivity index (χ4v) is 3.05. The maximum absolute atomic E-state index is 12.2. The Labute approximate surface area is 126 Å². The van der Waals surface area contributed by atoms with E-state index in [2.05, 4.69) is 17.1 Å². The molecule has 0 bridgehead atoms. The van der Waals surface area contributed by atoms with E-state index in [1.54, 1.807) is 4.90 Å². The minimum absolute atomic E-state index is 0.233. The number of hydrogen-bond acceptors (Lipinski definition) is 4. The van der Waals surface area contributed by atoms with Crippen LogP contribution in [0.5, 0.6) is 0 Å². The number of hydrogen-bond donors (Lipinski definition) is 1. The quantitative estimate of drug-likeness (QED) is 0.755. The zero-order chi connectivity index (χ0) is 15.1. The highest BCUT2D eigenvalue weighted by Crippen LogP contribution is 2.19. The van der Waals surface area contributed by atoms with Gasteiger partial charge in [-0.25, -0.2) is 0 Å². The average molecular weight is 297 g/mol. The number of rotatable bonds is 4. The second-order valence-corrected chi connectivity index (χ2v) is 5.77. The first-order valence-electron chi connectivity index (χ1n) is 8.11. The Bertz CT molecular complexity index is 356. The Hall–Kier alpha value is -1.14. The summed E-state index contributed by atoms with van der Waals surface area (Å²) < 4.78 is 5.28. The van der Waals surface area contributed by atoms with Crippen LogP contribution < -0.4 is 5.32 Å². The van der Waals surface area contributed by atoms with Crippen molar-refractivity contribution in [2.75, 3.05) is 45.9 Å². The van der Waals surface area contributed by atoms with Gasteiger partial charge >= 0.3 is 11.8 Å². The summed E-state index contributed by atoms with van der Waals surface area (Å²) in [7, 11) is 0. The molecule has 0 spiro atoms. The van der Waals surface area contributed by atoms with Crippen LogP contribution in [0.4, 0.5) is 0 Å². The number of carbonyl (C=O) groups is 2. The van der Waals surface area contributed by atoms with Crippen molar-refractivity contribution < 1.29 is 14.3 Å². The molecule has 2 saturated heterocycles. The number of ether oxygens (including phenoxy) is 1. The Balaban J connectivity index is 1.72. The van der Waals surface area contributed by atoms with Crippen molar-refractivity contribution >= 4 is 11.8 Å². The first-order valence-corrected chi connectivity index (χ1v) is 8.11. The number of carbonyl (C=O) groups excluding carboxylic acids is 2. The van der Waals surface area contributed by atoms with Crippen LogP contribution in [0.25, 0.3) is 0 Å². The first-order chi connectivity index (χ1) is 10.2. The molecule has 1 unspecified atom stereocenters. The fraction of sp³-hybridized carbons (Fsp3) is 0.867. The Kier molecular flexibility index (Phi) is 6.45. The topological polar surface area (TPSA) is 61.9 Å². The van der Waals surface area contributed by atoms with Crippen LogP contribution in [0.2, 0.25) is 0 Å². The second-order valence-electron chi connectivity index (χ2n) is 5.77. The molecule has 0 aromatic carbocycles. The van der Waals surface area contributed by atoms with Crippen LogP contribution in [0.1, 0.15) is 32.6 Å². The van der Waals surface area contributed by atoms with Crippen LogP contribution in [-0.2, 0) is 14.3 Å². The van der Waals surface area contributed by atoms with Gasteiger partial charge in [-0.15, -0.1) is 0 Å². The zero-order valence-corrected chi connectivity index (χ0v) is 13.0. The van der Waals surface area contributed by atoms with E-state index in [0.717, 1.165) is 58.5 Å². The molecule has 6 nitrogen and oxygen atoms in total. The monoisotopic (exact) mass is 297 g/mol. The molecule has 120 valence electrons. The predicted molar refractivity (Wildman–Crippen MR) is 79.9 cm³/mol. The van der Waals surface area contributed by atoms with E-state index in [0.29, 0.717) is 13.1 Å². The van der Waals surface area contributed by atoms with Gasteiger partial charge in [0.2, 0.25) is 0 Å². The lowest BCUT2D eigenvalue weighted by Gasteiger charge is -2.34. The molecule has 2 aliphatic heterocycles. The summed E-state index contributed by atoms with van der Waals surface area (Å²) in [6.45, 7) is 7.38. The van der Waals surface area contributed by atoms with Gasteiger partial charge in [-0.2, -0.15) is 0 Å².